The summed E-state index contributed by atoms with van der Waals surface area (Å²) in [6, 6.07) is 8.30. The molecule has 0 aliphatic carbocycles. The van der Waals surface area contributed by atoms with Crippen molar-refractivity contribution in [2.24, 2.45) is 0 Å². The zero-order valence-corrected chi connectivity index (χ0v) is 13.7. The predicted octanol–water partition coefficient (Wildman–Crippen LogP) is 4.68. The molecule has 1 aromatic carbocycles. The van der Waals surface area contributed by atoms with Crippen LogP contribution in [0.2, 0.25) is 5.15 Å². The number of thiazole rings is 1. The fourth-order valence-electron chi connectivity index (χ4n) is 2.50. The van der Waals surface area contributed by atoms with Gasteiger partial charge < -0.3 is 0 Å². The average molecular weight is 357 g/mol. The normalized spacial score (nSPS) is 11.7. The summed E-state index contributed by atoms with van der Waals surface area (Å²) in [6.45, 7) is 0. The lowest BCUT2D eigenvalue weighted by Gasteiger charge is -2.00. The molecule has 0 spiro atoms. The molecule has 118 valence electrons. The summed E-state index contributed by atoms with van der Waals surface area (Å²) < 4.78 is 1.90. The first kappa shape index (κ1) is 14.8. The average Bonchev–Trinajstić information content (AvgIpc) is 3.12. The fourth-order valence-corrected chi connectivity index (χ4v) is 3.50. The van der Waals surface area contributed by atoms with Gasteiger partial charge in [0.25, 0.3) is 5.69 Å². The summed E-state index contributed by atoms with van der Waals surface area (Å²) in [7, 11) is 0. The highest BCUT2D eigenvalue weighted by Crippen LogP contribution is 2.26. The highest BCUT2D eigenvalue weighted by atomic mass is 35.5. The Hall–Kier alpha value is -2.77. The molecule has 0 atom stereocenters. The number of pyridine rings is 1. The lowest BCUT2D eigenvalue weighted by Crippen LogP contribution is -1.91. The molecule has 0 unspecified atom stereocenters. The Morgan fingerprint density at radius 2 is 2.08 bits per heavy atom. The van der Waals surface area contributed by atoms with Gasteiger partial charge in [0.2, 0.25) is 0 Å². The molecule has 0 aliphatic rings. The summed E-state index contributed by atoms with van der Waals surface area (Å²) in [5.74, 6) is 0. The van der Waals surface area contributed by atoms with Crippen molar-refractivity contribution in [3.05, 3.63) is 68.6 Å². The fraction of sp³-hybridized carbons (Fsp3) is 0. The standard InChI is InChI=1S/C16H9ClN4O2S/c17-15-14(20-8-9-24-16(20)19-15)7-5-10-4-6-11-12(18-10)2-1-3-13(11)21(22)23/h1-9H. The van der Waals surface area contributed by atoms with E-state index in [0.29, 0.717) is 21.7 Å². The maximum atomic E-state index is 11.1. The van der Waals surface area contributed by atoms with Crippen LogP contribution in [0.25, 0.3) is 28.0 Å². The van der Waals surface area contributed by atoms with Gasteiger partial charge in [0, 0.05) is 17.6 Å². The van der Waals surface area contributed by atoms with Crippen molar-refractivity contribution in [2.45, 2.75) is 0 Å². The lowest BCUT2D eigenvalue weighted by atomic mass is 10.1. The Bertz CT molecular complexity index is 1120. The zero-order valence-electron chi connectivity index (χ0n) is 12.1. The SMILES string of the molecule is O=[N+]([O-])c1cccc2nc(C=Cc3c(Cl)nc4sccn34)ccc12. The molecule has 0 radical (unpaired) electrons. The first-order valence-corrected chi connectivity index (χ1v) is 8.22. The summed E-state index contributed by atoms with van der Waals surface area (Å²) >= 11 is 7.66. The predicted molar refractivity (Wildman–Crippen MR) is 95.4 cm³/mol. The number of nitrogens with zero attached hydrogens (tertiary/aromatic N) is 4. The van der Waals surface area contributed by atoms with Crippen molar-refractivity contribution in [2.75, 3.05) is 0 Å². The van der Waals surface area contributed by atoms with E-state index in [1.165, 1.54) is 17.4 Å². The summed E-state index contributed by atoms with van der Waals surface area (Å²) in [4.78, 5) is 20.2. The molecule has 0 amide bonds. The third-order valence-corrected chi connectivity index (χ3v) is 4.63. The minimum absolute atomic E-state index is 0.0503. The second-order valence-corrected chi connectivity index (χ2v) is 6.24. The minimum Gasteiger partial charge on any atom is -0.289 e. The number of hydrogen-bond donors (Lipinski definition) is 0. The monoisotopic (exact) mass is 356 g/mol. The number of halogens is 1. The summed E-state index contributed by atoms with van der Waals surface area (Å²) in [5, 5.41) is 13.9. The van der Waals surface area contributed by atoms with Gasteiger partial charge in [0.05, 0.1) is 27.2 Å². The smallest absolute Gasteiger partial charge is 0.278 e. The largest absolute Gasteiger partial charge is 0.289 e. The molecule has 4 aromatic rings. The number of rotatable bonds is 3. The Kier molecular flexibility index (Phi) is 3.51. The number of benzene rings is 1. The van der Waals surface area contributed by atoms with E-state index < -0.39 is 4.92 Å². The van der Waals surface area contributed by atoms with Gasteiger partial charge in [-0.2, -0.15) is 0 Å². The highest BCUT2D eigenvalue weighted by Gasteiger charge is 2.12. The van der Waals surface area contributed by atoms with E-state index in [0.717, 1.165) is 10.7 Å². The van der Waals surface area contributed by atoms with Gasteiger partial charge in [-0.05, 0) is 30.4 Å². The second kappa shape index (κ2) is 5.70. The molecule has 0 bridgehead atoms. The van der Waals surface area contributed by atoms with Crippen LogP contribution in [0.1, 0.15) is 11.4 Å². The van der Waals surface area contributed by atoms with Crippen LogP contribution in [0, 0.1) is 10.1 Å². The molecular formula is C16H9ClN4O2S. The third kappa shape index (κ3) is 2.44. The van der Waals surface area contributed by atoms with E-state index in [1.807, 2.05) is 28.1 Å². The van der Waals surface area contributed by atoms with E-state index in [4.69, 9.17) is 11.6 Å². The Morgan fingerprint density at radius 3 is 2.92 bits per heavy atom. The van der Waals surface area contributed by atoms with Crippen LogP contribution in [-0.2, 0) is 0 Å². The number of nitro benzene ring substituents is 1. The second-order valence-electron chi connectivity index (χ2n) is 5.01. The van der Waals surface area contributed by atoms with Crippen molar-refractivity contribution in [3.8, 4) is 0 Å². The number of imidazole rings is 1. The van der Waals surface area contributed by atoms with Gasteiger partial charge in [-0.25, -0.2) is 9.97 Å². The molecule has 0 saturated carbocycles. The maximum Gasteiger partial charge on any atom is 0.278 e. The van der Waals surface area contributed by atoms with Gasteiger partial charge in [0.15, 0.2) is 10.1 Å². The van der Waals surface area contributed by atoms with Gasteiger partial charge in [-0.15, -0.1) is 11.3 Å². The minimum atomic E-state index is -0.404. The number of fused-ring (bicyclic) bond motifs is 2. The molecule has 3 heterocycles. The van der Waals surface area contributed by atoms with Gasteiger partial charge >= 0.3 is 0 Å². The Morgan fingerprint density at radius 1 is 1.21 bits per heavy atom. The quantitative estimate of drug-likeness (QED) is 0.394. The van der Waals surface area contributed by atoms with Crippen LogP contribution >= 0.6 is 22.9 Å². The lowest BCUT2D eigenvalue weighted by molar-refractivity contribution is -0.383. The van der Waals surface area contributed by atoms with E-state index in [-0.39, 0.29) is 5.69 Å². The molecule has 0 saturated heterocycles. The van der Waals surface area contributed by atoms with Gasteiger partial charge in [-0.1, -0.05) is 17.7 Å². The van der Waals surface area contributed by atoms with Gasteiger partial charge in [0.1, 0.15) is 0 Å². The first-order chi connectivity index (χ1) is 11.6. The molecule has 0 aliphatic heterocycles. The van der Waals surface area contributed by atoms with Crippen LogP contribution in [0.3, 0.4) is 0 Å². The van der Waals surface area contributed by atoms with Crippen LogP contribution in [0.5, 0.6) is 0 Å². The number of hydrogen-bond acceptors (Lipinski definition) is 5. The van der Waals surface area contributed by atoms with Crippen molar-refractivity contribution in [1.82, 2.24) is 14.4 Å². The molecule has 4 rings (SSSR count). The number of non-ortho nitro benzene ring substituents is 1. The van der Waals surface area contributed by atoms with Crippen LogP contribution in [-0.4, -0.2) is 19.3 Å². The van der Waals surface area contributed by atoms with Gasteiger partial charge in [-0.3, -0.25) is 14.5 Å². The molecular weight excluding hydrogens is 348 g/mol. The van der Waals surface area contributed by atoms with E-state index >= 15 is 0 Å². The molecule has 0 fully saturated rings. The molecule has 0 N–H and O–H groups in total. The zero-order chi connectivity index (χ0) is 16.7. The molecule has 8 heteroatoms. The van der Waals surface area contributed by atoms with E-state index in [2.05, 4.69) is 9.97 Å². The molecule has 3 aromatic heterocycles. The highest BCUT2D eigenvalue weighted by molar-refractivity contribution is 7.15. The van der Waals surface area contributed by atoms with Crippen molar-refractivity contribution < 1.29 is 4.92 Å². The van der Waals surface area contributed by atoms with Crippen LogP contribution < -0.4 is 0 Å². The maximum absolute atomic E-state index is 11.1. The Labute approximate surface area is 144 Å². The van der Waals surface area contributed by atoms with Crippen molar-refractivity contribution in [3.63, 3.8) is 0 Å². The third-order valence-electron chi connectivity index (χ3n) is 3.59. The van der Waals surface area contributed by atoms with Crippen LogP contribution in [0.15, 0.2) is 41.9 Å². The van der Waals surface area contributed by atoms with E-state index in [9.17, 15) is 10.1 Å². The first-order valence-electron chi connectivity index (χ1n) is 6.97. The molecule has 6 nitrogen and oxygen atoms in total. The Balaban J connectivity index is 1.76. The topological polar surface area (TPSA) is 73.3 Å². The van der Waals surface area contributed by atoms with Crippen LogP contribution in [0.4, 0.5) is 5.69 Å². The van der Waals surface area contributed by atoms with Crippen molar-refractivity contribution in [1.29, 1.82) is 0 Å². The summed E-state index contributed by atoms with van der Waals surface area (Å²) in [6.07, 6.45) is 5.54. The molecule has 24 heavy (non-hydrogen) atoms. The number of aromatic nitrogens is 3. The van der Waals surface area contributed by atoms with Crippen molar-refractivity contribution >= 4 is 56.6 Å². The summed E-state index contributed by atoms with van der Waals surface area (Å²) in [5.41, 5.74) is 2.08. The van der Waals surface area contributed by atoms with E-state index in [1.54, 1.807) is 24.3 Å². The number of nitro groups is 1.